The van der Waals surface area contributed by atoms with E-state index in [4.69, 9.17) is 22.7 Å². The smallest absolute Gasteiger partial charge is 0.228 e. The molecule has 2 aliphatic rings. The molecule has 2 saturated heterocycles. The molecule has 3 atom stereocenters. The van der Waals surface area contributed by atoms with Gasteiger partial charge in [-0.3, -0.25) is 9.69 Å². The molecule has 0 aromatic rings. The van der Waals surface area contributed by atoms with Gasteiger partial charge in [0.2, 0.25) is 5.91 Å². The fourth-order valence-corrected chi connectivity index (χ4v) is 2.95. The van der Waals surface area contributed by atoms with Gasteiger partial charge in [0.1, 0.15) is 0 Å². The lowest BCUT2D eigenvalue weighted by Crippen LogP contribution is -2.55. The maximum atomic E-state index is 12.4. The molecule has 2 aliphatic heterocycles. The maximum Gasteiger partial charge on any atom is 0.228 e. The average molecular weight is 285 g/mol. The molecule has 0 aromatic heterocycles. The third kappa shape index (κ3) is 3.24. The van der Waals surface area contributed by atoms with E-state index >= 15 is 0 Å². The number of hydrogen-bond acceptors (Lipinski definition) is 4. The fourth-order valence-electron chi connectivity index (χ4n) is 2.80. The number of nitrogens with zero attached hydrogens (tertiary/aromatic N) is 2. The zero-order chi connectivity index (χ0) is 14.0. The van der Waals surface area contributed by atoms with Gasteiger partial charge >= 0.3 is 0 Å². The summed E-state index contributed by atoms with van der Waals surface area (Å²) in [5, 5.41) is 0. The van der Waals surface area contributed by atoms with E-state index in [1.54, 1.807) is 0 Å². The van der Waals surface area contributed by atoms with Crippen LogP contribution in [-0.2, 0) is 9.53 Å². The van der Waals surface area contributed by atoms with Crippen molar-refractivity contribution >= 4 is 23.1 Å². The second kappa shape index (κ2) is 6.15. The van der Waals surface area contributed by atoms with Crippen molar-refractivity contribution in [3.8, 4) is 0 Å². The number of nitrogens with two attached hydrogens (primary N) is 1. The molecule has 6 heteroatoms. The van der Waals surface area contributed by atoms with E-state index in [1.165, 1.54) is 0 Å². The Kier molecular flexibility index (Phi) is 4.76. The summed E-state index contributed by atoms with van der Waals surface area (Å²) in [6, 6.07) is 0.112. The van der Waals surface area contributed by atoms with Crippen molar-refractivity contribution in [2.45, 2.75) is 32.4 Å². The molecule has 0 aliphatic carbocycles. The van der Waals surface area contributed by atoms with E-state index < -0.39 is 0 Å². The van der Waals surface area contributed by atoms with Crippen molar-refractivity contribution in [1.29, 1.82) is 0 Å². The molecule has 2 rings (SSSR count). The molecular weight excluding hydrogens is 262 g/mol. The van der Waals surface area contributed by atoms with Crippen molar-refractivity contribution in [2.24, 2.45) is 11.7 Å². The quantitative estimate of drug-likeness (QED) is 0.752. The minimum Gasteiger partial charge on any atom is -0.392 e. The van der Waals surface area contributed by atoms with Gasteiger partial charge in [0.05, 0.1) is 23.1 Å². The Hall–Kier alpha value is -0.720. The Balaban J connectivity index is 1.86. The van der Waals surface area contributed by atoms with Crippen LogP contribution in [0.15, 0.2) is 0 Å². The second-order valence-corrected chi connectivity index (χ2v) is 5.88. The summed E-state index contributed by atoms with van der Waals surface area (Å²) in [6.07, 6.45) is 0.907. The van der Waals surface area contributed by atoms with E-state index in [-0.39, 0.29) is 24.0 Å². The molecule has 2 N–H and O–H groups in total. The minimum atomic E-state index is 0.0413. The number of amides is 1. The fraction of sp³-hybridized carbons (Fsp3) is 0.846. The highest BCUT2D eigenvalue weighted by molar-refractivity contribution is 7.80. The van der Waals surface area contributed by atoms with Crippen LogP contribution in [-0.4, -0.2) is 65.6 Å². The first-order valence-corrected chi connectivity index (χ1v) is 7.35. The Morgan fingerprint density at radius 3 is 2.47 bits per heavy atom. The van der Waals surface area contributed by atoms with Gasteiger partial charge in [-0.25, -0.2) is 0 Å². The molecular formula is C13H23N3O2S. The van der Waals surface area contributed by atoms with Crippen LogP contribution in [0.1, 0.15) is 20.3 Å². The molecule has 2 heterocycles. The van der Waals surface area contributed by atoms with Crippen LogP contribution < -0.4 is 5.73 Å². The van der Waals surface area contributed by atoms with E-state index in [2.05, 4.69) is 4.90 Å². The third-order valence-corrected chi connectivity index (χ3v) is 4.62. The first-order chi connectivity index (χ1) is 9.00. The number of rotatable bonds is 3. The predicted octanol–water partition coefficient (Wildman–Crippen LogP) is 0.230. The van der Waals surface area contributed by atoms with Crippen molar-refractivity contribution < 1.29 is 9.53 Å². The molecule has 0 bridgehead atoms. The van der Waals surface area contributed by atoms with Gasteiger partial charge in [-0.05, 0) is 20.3 Å². The molecule has 0 radical (unpaired) electrons. The number of carbonyl (C=O) groups is 1. The largest absolute Gasteiger partial charge is 0.392 e. The lowest BCUT2D eigenvalue weighted by molar-refractivity contribution is -0.138. The number of ether oxygens (including phenoxy) is 1. The summed E-state index contributed by atoms with van der Waals surface area (Å²) in [4.78, 5) is 17.1. The summed E-state index contributed by atoms with van der Waals surface area (Å²) in [5.41, 5.74) is 5.67. The normalized spacial score (nSPS) is 30.3. The van der Waals surface area contributed by atoms with Gasteiger partial charge in [-0.2, -0.15) is 0 Å². The second-order valence-electron chi connectivity index (χ2n) is 5.41. The van der Waals surface area contributed by atoms with Crippen molar-refractivity contribution in [1.82, 2.24) is 9.80 Å². The van der Waals surface area contributed by atoms with Gasteiger partial charge in [0, 0.05) is 32.8 Å². The minimum absolute atomic E-state index is 0.0413. The highest BCUT2D eigenvalue weighted by Crippen LogP contribution is 2.23. The van der Waals surface area contributed by atoms with Gasteiger partial charge in [-0.1, -0.05) is 12.2 Å². The van der Waals surface area contributed by atoms with Crippen LogP contribution in [0.25, 0.3) is 0 Å². The molecule has 3 unspecified atom stereocenters. The summed E-state index contributed by atoms with van der Waals surface area (Å²) < 4.78 is 5.48. The lowest BCUT2D eigenvalue weighted by atomic mass is 10.0. The number of piperazine rings is 1. The Morgan fingerprint density at radius 1 is 1.37 bits per heavy atom. The molecule has 19 heavy (non-hydrogen) atoms. The maximum absolute atomic E-state index is 12.4. The summed E-state index contributed by atoms with van der Waals surface area (Å²) in [6.45, 7) is 7.91. The van der Waals surface area contributed by atoms with Gasteiger partial charge in [0.25, 0.3) is 0 Å². The van der Waals surface area contributed by atoms with E-state index in [0.717, 1.165) is 32.6 Å². The van der Waals surface area contributed by atoms with Crippen LogP contribution in [0.3, 0.4) is 0 Å². The molecule has 5 nitrogen and oxygen atoms in total. The van der Waals surface area contributed by atoms with Gasteiger partial charge in [-0.15, -0.1) is 0 Å². The Labute approximate surface area is 120 Å². The molecule has 0 spiro atoms. The number of carbonyl (C=O) groups excluding carboxylic acids is 1. The highest BCUT2D eigenvalue weighted by atomic mass is 32.1. The Bertz CT molecular complexity index is 356. The van der Waals surface area contributed by atoms with Crippen LogP contribution >= 0.6 is 12.2 Å². The zero-order valence-electron chi connectivity index (χ0n) is 11.7. The van der Waals surface area contributed by atoms with Crippen molar-refractivity contribution in [2.75, 3.05) is 32.8 Å². The predicted molar refractivity (Wildman–Crippen MR) is 77.9 cm³/mol. The highest BCUT2D eigenvalue weighted by Gasteiger charge is 2.35. The third-order valence-electron chi connectivity index (χ3n) is 4.28. The van der Waals surface area contributed by atoms with E-state index in [1.807, 2.05) is 18.7 Å². The Morgan fingerprint density at radius 2 is 2.00 bits per heavy atom. The summed E-state index contributed by atoms with van der Waals surface area (Å²) in [7, 11) is 0. The SMILES string of the molecule is CC1OCCC1C(=O)N1CCN(C(C)C(N)=S)CC1. The van der Waals surface area contributed by atoms with Crippen molar-refractivity contribution in [3.63, 3.8) is 0 Å². The summed E-state index contributed by atoms with van der Waals surface area (Å²) in [5.74, 6) is 0.284. The topological polar surface area (TPSA) is 58.8 Å². The molecule has 0 aromatic carbocycles. The van der Waals surface area contributed by atoms with E-state index in [0.29, 0.717) is 11.6 Å². The van der Waals surface area contributed by atoms with Gasteiger partial charge in [0.15, 0.2) is 0 Å². The molecule has 2 fully saturated rings. The average Bonchev–Trinajstić information content (AvgIpc) is 2.83. The van der Waals surface area contributed by atoms with E-state index in [9.17, 15) is 4.79 Å². The van der Waals surface area contributed by atoms with Crippen LogP contribution in [0, 0.1) is 5.92 Å². The van der Waals surface area contributed by atoms with Crippen LogP contribution in [0.5, 0.6) is 0 Å². The van der Waals surface area contributed by atoms with Crippen LogP contribution in [0.2, 0.25) is 0 Å². The van der Waals surface area contributed by atoms with Crippen LogP contribution in [0.4, 0.5) is 0 Å². The number of hydrogen-bond donors (Lipinski definition) is 1. The number of thiocarbonyl (C=S) groups is 1. The first-order valence-electron chi connectivity index (χ1n) is 6.94. The summed E-state index contributed by atoms with van der Waals surface area (Å²) >= 11 is 5.02. The van der Waals surface area contributed by atoms with Crippen molar-refractivity contribution in [3.05, 3.63) is 0 Å². The lowest BCUT2D eigenvalue weighted by Gasteiger charge is -2.38. The standard InChI is InChI=1S/C13H23N3O2S/c1-9(12(14)19)15-4-6-16(7-5-15)13(17)11-3-8-18-10(11)2/h9-11H,3-8H2,1-2H3,(H2,14,19). The molecule has 108 valence electrons. The molecule has 1 amide bonds. The first kappa shape index (κ1) is 14.7. The molecule has 0 saturated carbocycles. The van der Waals surface area contributed by atoms with Gasteiger partial charge < -0.3 is 15.4 Å². The zero-order valence-corrected chi connectivity index (χ0v) is 12.5. The monoisotopic (exact) mass is 285 g/mol.